The Labute approximate surface area is 108 Å². The first-order chi connectivity index (χ1) is 8.62. The van der Waals surface area contributed by atoms with E-state index in [0.717, 1.165) is 51.3 Å². The molecule has 0 spiro atoms. The van der Waals surface area contributed by atoms with Crippen molar-refractivity contribution in [2.45, 2.75) is 31.8 Å². The highest BCUT2D eigenvalue weighted by molar-refractivity contribution is 5.39. The van der Waals surface area contributed by atoms with Gasteiger partial charge in [-0.2, -0.15) is 0 Å². The SMILES string of the molecule is CC1(O)CCN(CCc2ccc3c(c2)CCO3)C1. The molecular weight excluding hydrogens is 226 g/mol. The van der Waals surface area contributed by atoms with Crippen LogP contribution in [-0.2, 0) is 12.8 Å². The van der Waals surface area contributed by atoms with Crippen molar-refractivity contribution < 1.29 is 9.84 Å². The van der Waals surface area contributed by atoms with Gasteiger partial charge in [-0.1, -0.05) is 12.1 Å². The first-order valence-electron chi connectivity index (χ1n) is 6.82. The van der Waals surface area contributed by atoms with Gasteiger partial charge in [-0.05, 0) is 37.0 Å². The van der Waals surface area contributed by atoms with Crippen LogP contribution >= 0.6 is 0 Å². The molecule has 0 radical (unpaired) electrons. The molecule has 0 bridgehead atoms. The number of nitrogens with zero attached hydrogens (tertiary/aromatic N) is 1. The molecule has 1 N–H and O–H groups in total. The number of rotatable bonds is 3. The Morgan fingerprint density at radius 3 is 3.11 bits per heavy atom. The largest absolute Gasteiger partial charge is 0.493 e. The van der Waals surface area contributed by atoms with Crippen molar-refractivity contribution >= 4 is 0 Å². The Morgan fingerprint density at radius 1 is 1.44 bits per heavy atom. The zero-order chi connectivity index (χ0) is 12.6. The van der Waals surface area contributed by atoms with Crippen molar-refractivity contribution in [1.82, 2.24) is 4.90 Å². The van der Waals surface area contributed by atoms with Crippen molar-refractivity contribution in [2.24, 2.45) is 0 Å². The molecule has 1 unspecified atom stereocenters. The monoisotopic (exact) mass is 247 g/mol. The fraction of sp³-hybridized carbons (Fsp3) is 0.600. The van der Waals surface area contributed by atoms with Gasteiger partial charge in [0.15, 0.2) is 0 Å². The summed E-state index contributed by atoms with van der Waals surface area (Å²) in [5.41, 5.74) is 2.25. The third kappa shape index (κ3) is 2.52. The molecule has 0 aliphatic carbocycles. The smallest absolute Gasteiger partial charge is 0.122 e. The highest BCUT2D eigenvalue weighted by Crippen LogP contribution is 2.26. The molecule has 1 fully saturated rings. The van der Waals surface area contributed by atoms with Crippen LogP contribution < -0.4 is 4.74 Å². The molecule has 0 aromatic heterocycles. The van der Waals surface area contributed by atoms with E-state index >= 15 is 0 Å². The van der Waals surface area contributed by atoms with E-state index in [1.807, 2.05) is 6.92 Å². The van der Waals surface area contributed by atoms with Crippen LogP contribution in [0.3, 0.4) is 0 Å². The van der Waals surface area contributed by atoms with Crippen LogP contribution in [0.2, 0.25) is 0 Å². The molecule has 98 valence electrons. The minimum Gasteiger partial charge on any atom is -0.493 e. The first-order valence-corrected chi connectivity index (χ1v) is 6.82. The van der Waals surface area contributed by atoms with E-state index in [9.17, 15) is 5.11 Å². The number of fused-ring (bicyclic) bond motifs is 1. The number of benzene rings is 1. The standard InChI is InChI=1S/C15H21NO2/c1-15(17)6-8-16(11-15)7-4-12-2-3-14-13(10-12)5-9-18-14/h2-3,10,17H,4-9,11H2,1H3. The molecule has 1 aromatic carbocycles. The molecule has 18 heavy (non-hydrogen) atoms. The Bertz CT molecular complexity index is 442. The summed E-state index contributed by atoms with van der Waals surface area (Å²) in [5.74, 6) is 1.06. The van der Waals surface area contributed by atoms with E-state index in [4.69, 9.17) is 4.74 Å². The predicted molar refractivity (Wildman–Crippen MR) is 71.0 cm³/mol. The summed E-state index contributed by atoms with van der Waals surface area (Å²) in [6.45, 7) is 5.62. The maximum atomic E-state index is 9.93. The maximum Gasteiger partial charge on any atom is 0.122 e. The number of β-amino-alcohol motifs (C(OH)–C–C–N with tert-alkyl or cyclic N) is 1. The second-order valence-corrected chi connectivity index (χ2v) is 5.81. The summed E-state index contributed by atoms with van der Waals surface area (Å²) < 4.78 is 5.52. The first kappa shape index (κ1) is 12.0. The zero-order valence-corrected chi connectivity index (χ0v) is 11.0. The highest BCUT2D eigenvalue weighted by Gasteiger charge is 2.30. The van der Waals surface area contributed by atoms with Crippen molar-refractivity contribution in [1.29, 1.82) is 0 Å². The van der Waals surface area contributed by atoms with Gasteiger partial charge < -0.3 is 14.7 Å². The molecular formula is C15H21NO2. The fourth-order valence-electron chi connectivity index (χ4n) is 2.91. The Morgan fingerprint density at radius 2 is 2.33 bits per heavy atom. The molecule has 2 aliphatic heterocycles. The van der Waals surface area contributed by atoms with E-state index in [0.29, 0.717) is 0 Å². The molecule has 3 nitrogen and oxygen atoms in total. The summed E-state index contributed by atoms with van der Waals surface area (Å²) in [4.78, 5) is 2.35. The van der Waals surface area contributed by atoms with Crippen LogP contribution in [0.15, 0.2) is 18.2 Å². The molecule has 1 saturated heterocycles. The number of aliphatic hydroxyl groups is 1. The number of likely N-dealkylation sites (tertiary alicyclic amines) is 1. The second-order valence-electron chi connectivity index (χ2n) is 5.81. The van der Waals surface area contributed by atoms with Gasteiger partial charge in [0, 0.05) is 26.1 Å². The summed E-state index contributed by atoms with van der Waals surface area (Å²) >= 11 is 0. The topological polar surface area (TPSA) is 32.7 Å². The Balaban J connectivity index is 1.57. The van der Waals surface area contributed by atoms with Gasteiger partial charge in [-0.25, -0.2) is 0 Å². The lowest BCUT2D eigenvalue weighted by Gasteiger charge is -2.18. The van der Waals surface area contributed by atoms with Gasteiger partial charge in [0.2, 0.25) is 0 Å². The summed E-state index contributed by atoms with van der Waals surface area (Å²) in [7, 11) is 0. The molecule has 0 amide bonds. The van der Waals surface area contributed by atoms with E-state index < -0.39 is 5.60 Å². The minimum atomic E-state index is -0.480. The molecule has 1 aromatic rings. The number of ether oxygens (including phenoxy) is 1. The molecule has 2 aliphatic rings. The van der Waals surface area contributed by atoms with Gasteiger partial charge >= 0.3 is 0 Å². The lowest BCUT2D eigenvalue weighted by atomic mass is 10.1. The van der Waals surface area contributed by atoms with E-state index in [1.54, 1.807) is 0 Å². The van der Waals surface area contributed by atoms with Crippen molar-refractivity contribution in [2.75, 3.05) is 26.2 Å². The predicted octanol–water partition coefficient (Wildman–Crippen LogP) is 1.62. The molecule has 1 atom stereocenters. The highest BCUT2D eigenvalue weighted by atomic mass is 16.5. The average molecular weight is 247 g/mol. The van der Waals surface area contributed by atoms with Gasteiger partial charge in [0.25, 0.3) is 0 Å². The normalized spacial score (nSPS) is 27.2. The Hall–Kier alpha value is -1.06. The molecule has 2 heterocycles. The minimum absolute atomic E-state index is 0.480. The number of hydrogen-bond donors (Lipinski definition) is 1. The van der Waals surface area contributed by atoms with E-state index in [1.165, 1.54) is 11.1 Å². The summed E-state index contributed by atoms with van der Waals surface area (Å²) in [6.07, 6.45) is 3.00. The fourth-order valence-corrected chi connectivity index (χ4v) is 2.91. The van der Waals surface area contributed by atoms with Crippen molar-refractivity contribution in [3.8, 4) is 5.75 Å². The van der Waals surface area contributed by atoms with Crippen molar-refractivity contribution in [3.63, 3.8) is 0 Å². The van der Waals surface area contributed by atoms with Crippen molar-refractivity contribution in [3.05, 3.63) is 29.3 Å². The van der Waals surface area contributed by atoms with Crippen LogP contribution in [0.4, 0.5) is 0 Å². The summed E-state index contributed by atoms with van der Waals surface area (Å²) in [6, 6.07) is 6.53. The zero-order valence-electron chi connectivity index (χ0n) is 11.0. The van der Waals surface area contributed by atoms with Crippen LogP contribution in [0.1, 0.15) is 24.5 Å². The maximum absolute atomic E-state index is 9.93. The van der Waals surface area contributed by atoms with E-state index in [-0.39, 0.29) is 0 Å². The molecule has 3 rings (SSSR count). The lowest BCUT2D eigenvalue weighted by molar-refractivity contribution is 0.0689. The van der Waals surface area contributed by atoms with Gasteiger partial charge in [-0.3, -0.25) is 0 Å². The van der Waals surface area contributed by atoms with Gasteiger partial charge in [0.1, 0.15) is 5.75 Å². The van der Waals surface area contributed by atoms with Crippen LogP contribution in [0, 0.1) is 0 Å². The van der Waals surface area contributed by atoms with Crippen LogP contribution in [0.25, 0.3) is 0 Å². The number of hydrogen-bond acceptors (Lipinski definition) is 3. The molecule has 0 saturated carbocycles. The molecule has 3 heteroatoms. The van der Waals surface area contributed by atoms with Gasteiger partial charge in [-0.15, -0.1) is 0 Å². The quantitative estimate of drug-likeness (QED) is 0.881. The Kier molecular flexibility index (Phi) is 3.04. The summed E-state index contributed by atoms with van der Waals surface area (Å²) in [5, 5.41) is 9.93. The lowest BCUT2D eigenvalue weighted by Crippen LogP contribution is -2.30. The third-order valence-corrected chi connectivity index (χ3v) is 4.00. The second kappa shape index (κ2) is 4.56. The van der Waals surface area contributed by atoms with Crippen LogP contribution in [-0.4, -0.2) is 41.8 Å². The van der Waals surface area contributed by atoms with E-state index in [2.05, 4.69) is 23.1 Å². The average Bonchev–Trinajstić information content (AvgIpc) is 2.92. The van der Waals surface area contributed by atoms with Crippen LogP contribution in [0.5, 0.6) is 5.75 Å². The van der Waals surface area contributed by atoms with Gasteiger partial charge in [0.05, 0.1) is 12.2 Å². The third-order valence-electron chi connectivity index (χ3n) is 4.00.